The fraction of sp³-hybridized carbons (Fsp3) is 0.933. The molecule has 2 atom stereocenters. The Morgan fingerprint density at radius 2 is 2.00 bits per heavy atom. The van der Waals surface area contributed by atoms with Gasteiger partial charge in [-0.25, -0.2) is 4.79 Å². The van der Waals surface area contributed by atoms with Crippen LogP contribution < -0.4 is 10.6 Å². The van der Waals surface area contributed by atoms with E-state index in [4.69, 9.17) is 4.74 Å². The average Bonchev–Trinajstić information content (AvgIpc) is 2.87. The molecule has 116 valence electrons. The lowest BCUT2D eigenvalue weighted by atomic mass is 9.94. The van der Waals surface area contributed by atoms with E-state index in [9.17, 15) is 9.90 Å². The van der Waals surface area contributed by atoms with Gasteiger partial charge in [0.25, 0.3) is 0 Å². The van der Waals surface area contributed by atoms with Crippen LogP contribution in [0.1, 0.15) is 58.3 Å². The molecular weight excluding hydrogens is 256 g/mol. The molecule has 0 radical (unpaired) electrons. The molecule has 2 aliphatic rings. The van der Waals surface area contributed by atoms with Gasteiger partial charge in [0, 0.05) is 13.2 Å². The van der Waals surface area contributed by atoms with E-state index in [-0.39, 0.29) is 18.2 Å². The van der Waals surface area contributed by atoms with Crippen LogP contribution in [0.4, 0.5) is 4.79 Å². The van der Waals surface area contributed by atoms with Crippen molar-refractivity contribution in [2.24, 2.45) is 0 Å². The van der Waals surface area contributed by atoms with E-state index in [1.807, 2.05) is 6.92 Å². The molecule has 2 rings (SSSR count). The Morgan fingerprint density at radius 3 is 2.60 bits per heavy atom. The van der Waals surface area contributed by atoms with Crippen LogP contribution in [-0.4, -0.2) is 42.0 Å². The summed E-state index contributed by atoms with van der Waals surface area (Å²) in [6.07, 6.45) is 8.24. The first-order valence-corrected chi connectivity index (χ1v) is 7.97. The van der Waals surface area contributed by atoms with Crippen molar-refractivity contribution in [3.63, 3.8) is 0 Å². The number of carbonyl (C=O) groups is 1. The van der Waals surface area contributed by atoms with Gasteiger partial charge in [0.05, 0.1) is 17.7 Å². The smallest absolute Gasteiger partial charge is 0.315 e. The summed E-state index contributed by atoms with van der Waals surface area (Å²) in [5, 5.41) is 16.2. The van der Waals surface area contributed by atoms with Gasteiger partial charge in [0.1, 0.15) is 0 Å². The summed E-state index contributed by atoms with van der Waals surface area (Å²) in [6.45, 7) is 3.10. The fourth-order valence-electron chi connectivity index (χ4n) is 3.16. The van der Waals surface area contributed by atoms with Gasteiger partial charge < -0.3 is 20.5 Å². The Labute approximate surface area is 121 Å². The third-order valence-electron chi connectivity index (χ3n) is 4.49. The SMILES string of the molecule is CC(NC(=O)NCC1(O)CCCCCC1)C1CCCO1. The Kier molecular flexibility index (Phi) is 5.66. The van der Waals surface area contributed by atoms with Crippen molar-refractivity contribution in [3.8, 4) is 0 Å². The predicted molar refractivity (Wildman–Crippen MR) is 77.6 cm³/mol. The van der Waals surface area contributed by atoms with Crippen molar-refractivity contribution < 1.29 is 14.6 Å². The Balaban J connectivity index is 1.70. The van der Waals surface area contributed by atoms with Crippen molar-refractivity contribution in [1.82, 2.24) is 10.6 Å². The molecule has 5 nitrogen and oxygen atoms in total. The molecule has 0 aromatic rings. The number of nitrogens with one attached hydrogen (secondary N) is 2. The molecule has 1 saturated heterocycles. The minimum Gasteiger partial charge on any atom is -0.388 e. The van der Waals surface area contributed by atoms with Crippen molar-refractivity contribution in [1.29, 1.82) is 0 Å². The van der Waals surface area contributed by atoms with Crippen molar-refractivity contribution in [3.05, 3.63) is 0 Å². The highest BCUT2D eigenvalue weighted by molar-refractivity contribution is 5.74. The molecule has 0 bridgehead atoms. The lowest BCUT2D eigenvalue weighted by Gasteiger charge is -2.27. The number of urea groups is 1. The monoisotopic (exact) mass is 284 g/mol. The minimum atomic E-state index is -0.721. The van der Waals surface area contributed by atoms with E-state index >= 15 is 0 Å². The molecule has 1 aliphatic carbocycles. The molecule has 3 N–H and O–H groups in total. The second kappa shape index (κ2) is 7.27. The van der Waals surface area contributed by atoms with Crippen molar-refractivity contribution in [2.45, 2.75) is 76.0 Å². The van der Waals surface area contributed by atoms with Crippen LogP contribution in [0.25, 0.3) is 0 Å². The first-order chi connectivity index (χ1) is 9.59. The lowest BCUT2D eigenvalue weighted by molar-refractivity contribution is 0.0272. The first kappa shape index (κ1) is 15.6. The van der Waals surface area contributed by atoms with E-state index in [1.165, 1.54) is 12.8 Å². The van der Waals surface area contributed by atoms with Gasteiger partial charge in [0.15, 0.2) is 0 Å². The fourth-order valence-corrected chi connectivity index (χ4v) is 3.16. The molecule has 1 heterocycles. The van der Waals surface area contributed by atoms with E-state index in [0.717, 1.165) is 45.1 Å². The maximum Gasteiger partial charge on any atom is 0.315 e. The maximum absolute atomic E-state index is 11.9. The minimum absolute atomic E-state index is 0.0151. The molecule has 1 aliphatic heterocycles. The van der Waals surface area contributed by atoms with Gasteiger partial charge in [-0.3, -0.25) is 0 Å². The van der Waals surface area contributed by atoms with Gasteiger partial charge in [-0.1, -0.05) is 25.7 Å². The largest absolute Gasteiger partial charge is 0.388 e. The average molecular weight is 284 g/mol. The van der Waals surface area contributed by atoms with E-state index in [0.29, 0.717) is 6.54 Å². The van der Waals surface area contributed by atoms with Crippen LogP contribution in [-0.2, 0) is 4.74 Å². The van der Waals surface area contributed by atoms with Crippen LogP contribution in [0.2, 0.25) is 0 Å². The van der Waals surface area contributed by atoms with Gasteiger partial charge in [0.2, 0.25) is 0 Å². The maximum atomic E-state index is 11.9. The molecule has 1 saturated carbocycles. The van der Waals surface area contributed by atoms with E-state index in [1.54, 1.807) is 0 Å². The number of aliphatic hydroxyl groups is 1. The second-order valence-electron chi connectivity index (χ2n) is 6.31. The molecule has 0 aromatic carbocycles. The summed E-state index contributed by atoms with van der Waals surface area (Å²) in [5.74, 6) is 0. The molecular formula is C15H28N2O3. The van der Waals surface area contributed by atoms with Crippen LogP contribution in [0, 0.1) is 0 Å². The Hall–Kier alpha value is -0.810. The zero-order valence-electron chi connectivity index (χ0n) is 12.5. The number of carbonyl (C=O) groups excluding carboxylic acids is 1. The number of hydrogen-bond donors (Lipinski definition) is 3. The highest BCUT2D eigenvalue weighted by atomic mass is 16.5. The summed E-state index contributed by atoms with van der Waals surface area (Å²) in [7, 11) is 0. The van der Waals surface area contributed by atoms with Gasteiger partial charge in [-0.05, 0) is 32.6 Å². The van der Waals surface area contributed by atoms with Crippen LogP contribution in [0.5, 0.6) is 0 Å². The highest BCUT2D eigenvalue weighted by Gasteiger charge is 2.29. The molecule has 0 spiro atoms. The summed E-state index contributed by atoms with van der Waals surface area (Å²) in [5.41, 5.74) is -0.721. The van der Waals surface area contributed by atoms with Crippen molar-refractivity contribution in [2.75, 3.05) is 13.2 Å². The third kappa shape index (κ3) is 4.63. The second-order valence-corrected chi connectivity index (χ2v) is 6.31. The highest BCUT2D eigenvalue weighted by Crippen LogP contribution is 2.26. The van der Waals surface area contributed by atoms with Crippen molar-refractivity contribution >= 4 is 6.03 Å². The summed E-state index contributed by atoms with van der Waals surface area (Å²) < 4.78 is 5.55. The standard InChI is InChI=1S/C15H28N2O3/c1-12(13-7-6-10-20-13)17-14(18)16-11-15(19)8-4-2-3-5-9-15/h12-13,19H,2-11H2,1H3,(H2,16,17,18). The lowest BCUT2D eigenvalue weighted by Crippen LogP contribution is -2.50. The Morgan fingerprint density at radius 1 is 1.30 bits per heavy atom. The van der Waals surface area contributed by atoms with E-state index < -0.39 is 5.60 Å². The Bertz CT molecular complexity index is 308. The topological polar surface area (TPSA) is 70.6 Å². The van der Waals surface area contributed by atoms with Crippen LogP contribution in [0.15, 0.2) is 0 Å². The molecule has 2 amide bonds. The van der Waals surface area contributed by atoms with Crippen LogP contribution in [0.3, 0.4) is 0 Å². The molecule has 0 aromatic heterocycles. The summed E-state index contributed by atoms with van der Waals surface area (Å²) >= 11 is 0. The number of ether oxygens (including phenoxy) is 1. The van der Waals surface area contributed by atoms with E-state index in [2.05, 4.69) is 10.6 Å². The van der Waals surface area contributed by atoms with Gasteiger partial charge in [-0.15, -0.1) is 0 Å². The number of rotatable bonds is 4. The van der Waals surface area contributed by atoms with Gasteiger partial charge >= 0.3 is 6.03 Å². The predicted octanol–water partition coefficient (Wildman–Crippen LogP) is 1.94. The summed E-state index contributed by atoms with van der Waals surface area (Å²) in [6, 6.07) is -0.188. The normalized spacial score (nSPS) is 27.6. The molecule has 20 heavy (non-hydrogen) atoms. The third-order valence-corrected chi connectivity index (χ3v) is 4.49. The first-order valence-electron chi connectivity index (χ1n) is 7.97. The summed E-state index contributed by atoms with van der Waals surface area (Å²) in [4.78, 5) is 11.9. The van der Waals surface area contributed by atoms with Crippen LogP contribution >= 0.6 is 0 Å². The molecule has 2 unspecified atom stereocenters. The zero-order valence-corrected chi connectivity index (χ0v) is 12.5. The molecule has 2 fully saturated rings. The number of amides is 2. The quantitative estimate of drug-likeness (QED) is 0.691. The zero-order chi connectivity index (χ0) is 14.4. The van der Waals surface area contributed by atoms with Gasteiger partial charge in [-0.2, -0.15) is 0 Å². The number of hydrogen-bond acceptors (Lipinski definition) is 3. The molecule has 5 heteroatoms.